The fourth-order valence-corrected chi connectivity index (χ4v) is 4.86. The summed E-state index contributed by atoms with van der Waals surface area (Å²) >= 11 is 0.840. The van der Waals surface area contributed by atoms with Gasteiger partial charge in [0.25, 0.3) is 11.8 Å². The molecule has 4 rings (SSSR count). The number of amides is 4. The van der Waals surface area contributed by atoms with Crippen LogP contribution in [-0.2, 0) is 6.61 Å². The fourth-order valence-electron chi connectivity index (χ4n) is 4.13. The number of urea groups is 1. The topological polar surface area (TPSA) is 142 Å². The number of rotatable bonds is 12. The largest absolute Gasteiger partial charge is 0.471 e. The van der Waals surface area contributed by atoms with Crippen molar-refractivity contribution in [2.45, 2.75) is 38.8 Å². The SMILES string of the molecule is CCN1CCN(CCCNC(=O)Nc2snc(OCc3cc(C(=O)NC4CC4)ccc3F)c2C(N)=O)CC1. The third kappa shape index (κ3) is 7.62. The molecule has 2 aliphatic rings. The third-order valence-electron chi connectivity index (χ3n) is 6.57. The van der Waals surface area contributed by atoms with Crippen LogP contribution < -0.4 is 26.4 Å². The summed E-state index contributed by atoms with van der Waals surface area (Å²) in [6, 6.07) is 3.68. The van der Waals surface area contributed by atoms with Gasteiger partial charge >= 0.3 is 6.03 Å². The fraction of sp³-hybridized carbons (Fsp3) is 0.520. The molecule has 1 aromatic heterocycles. The summed E-state index contributed by atoms with van der Waals surface area (Å²) in [7, 11) is 0. The van der Waals surface area contributed by atoms with Crippen molar-refractivity contribution in [3.05, 3.63) is 40.7 Å². The Morgan fingerprint density at radius 2 is 1.92 bits per heavy atom. The predicted octanol–water partition coefficient (Wildman–Crippen LogP) is 2.00. The van der Waals surface area contributed by atoms with Crippen LogP contribution in [0.25, 0.3) is 0 Å². The molecule has 1 saturated carbocycles. The van der Waals surface area contributed by atoms with E-state index in [4.69, 9.17) is 10.5 Å². The van der Waals surface area contributed by atoms with Crippen LogP contribution in [0.3, 0.4) is 0 Å². The van der Waals surface area contributed by atoms with Gasteiger partial charge in [-0.1, -0.05) is 6.92 Å². The lowest BCUT2D eigenvalue weighted by atomic mass is 10.1. The van der Waals surface area contributed by atoms with Crippen LogP contribution in [0.5, 0.6) is 5.88 Å². The maximum atomic E-state index is 14.4. The summed E-state index contributed by atoms with van der Waals surface area (Å²) in [4.78, 5) is 41.6. The Morgan fingerprint density at radius 3 is 2.61 bits per heavy atom. The summed E-state index contributed by atoms with van der Waals surface area (Å²) in [5.74, 6) is -1.80. The lowest BCUT2D eigenvalue weighted by Gasteiger charge is -2.33. The van der Waals surface area contributed by atoms with Crippen molar-refractivity contribution < 1.29 is 23.5 Å². The molecule has 0 atom stereocenters. The molecule has 1 aromatic carbocycles. The zero-order valence-corrected chi connectivity index (χ0v) is 22.2. The Morgan fingerprint density at radius 1 is 1.18 bits per heavy atom. The maximum Gasteiger partial charge on any atom is 0.319 e. The van der Waals surface area contributed by atoms with E-state index < -0.39 is 17.8 Å². The summed E-state index contributed by atoms with van der Waals surface area (Å²) in [6.07, 6.45) is 2.67. The first-order valence-corrected chi connectivity index (χ1v) is 13.6. The molecule has 5 N–H and O–H groups in total. The van der Waals surface area contributed by atoms with Crippen molar-refractivity contribution in [1.82, 2.24) is 24.8 Å². The van der Waals surface area contributed by atoms with Crippen LogP contribution in [0, 0.1) is 5.82 Å². The monoisotopic (exact) mass is 547 g/mol. The zero-order valence-electron chi connectivity index (χ0n) is 21.4. The number of hydrogen-bond acceptors (Lipinski definition) is 8. The molecule has 2 aromatic rings. The molecule has 1 aliphatic heterocycles. The molecule has 13 heteroatoms. The Hall–Kier alpha value is -3.29. The Labute approximate surface area is 225 Å². The quantitative estimate of drug-likeness (QED) is 0.298. The molecule has 0 radical (unpaired) electrons. The number of nitrogens with one attached hydrogen (secondary N) is 3. The van der Waals surface area contributed by atoms with Crippen LogP contribution >= 0.6 is 11.5 Å². The second-order valence-electron chi connectivity index (χ2n) is 9.41. The van der Waals surface area contributed by atoms with Crippen molar-refractivity contribution in [3.63, 3.8) is 0 Å². The number of hydrogen-bond donors (Lipinski definition) is 4. The number of likely N-dealkylation sites (N-methyl/N-ethyl adjacent to an activating group) is 1. The van der Waals surface area contributed by atoms with Gasteiger partial charge in [-0.05, 0) is 62.1 Å². The van der Waals surface area contributed by atoms with Crippen LogP contribution in [0.2, 0.25) is 0 Å². The average molecular weight is 548 g/mol. The van der Waals surface area contributed by atoms with E-state index in [0.717, 1.165) is 70.1 Å². The minimum atomic E-state index is -0.840. The number of halogens is 1. The lowest BCUT2D eigenvalue weighted by Crippen LogP contribution is -2.46. The number of nitrogens with zero attached hydrogens (tertiary/aromatic N) is 3. The summed E-state index contributed by atoms with van der Waals surface area (Å²) in [5, 5.41) is 8.37. The predicted molar refractivity (Wildman–Crippen MR) is 142 cm³/mol. The number of benzene rings is 1. The highest BCUT2D eigenvalue weighted by molar-refractivity contribution is 7.11. The van der Waals surface area contributed by atoms with Crippen molar-refractivity contribution >= 4 is 34.4 Å². The van der Waals surface area contributed by atoms with Crippen molar-refractivity contribution in [2.75, 3.05) is 51.1 Å². The maximum absolute atomic E-state index is 14.4. The third-order valence-corrected chi connectivity index (χ3v) is 7.31. The second-order valence-corrected chi connectivity index (χ2v) is 10.2. The first kappa shape index (κ1) is 27.7. The van der Waals surface area contributed by atoms with E-state index in [1.165, 1.54) is 18.2 Å². The molecule has 1 saturated heterocycles. The highest BCUT2D eigenvalue weighted by Crippen LogP contribution is 2.31. The number of nitrogens with two attached hydrogens (primary N) is 1. The van der Waals surface area contributed by atoms with Crippen LogP contribution in [0.1, 0.15) is 52.5 Å². The normalized spacial score (nSPS) is 16.2. The number of aromatic nitrogens is 1. The molecule has 1 aliphatic carbocycles. The van der Waals surface area contributed by atoms with Crippen LogP contribution in [0.15, 0.2) is 18.2 Å². The van der Waals surface area contributed by atoms with Gasteiger partial charge < -0.3 is 30.9 Å². The van der Waals surface area contributed by atoms with Gasteiger partial charge in [-0.15, -0.1) is 0 Å². The molecule has 0 unspecified atom stereocenters. The zero-order chi connectivity index (χ0) is 27.1. The minimum Gasteiger partial charge on any atom is -0.471 e. The number of piperazine rings is 1. The van der Waals surface area contributed by atoms with Crippen LogP contribution in [-0.4, -0.2) is 83.9 Å². The van der Waals surface area contributed by atoms with E-state index in [0.29, 0.717) is 12.1 Å². The molecule has 2 heterocycles. The number of primary amides is 1. The van der Waals surface area contributed by atoms with Crippen molar-refractivity contribution in [3.8, 4) is 5.88 Å². The molecule has 38 heavy (non-hydrogen) atoms. The highest BCUT2D eigenvalue weighted by atomic mass is 32.1. The van der Waals surface area contributed by atoms with E-state index >= 15 is 0 Å². The molecular weight excluding hydrogens is 513 g/mol. The van der Waals surface area contributed by atoms with Gasteiger partial charge in [0.2, 0.25) is 5.88 Å². The Bertz CT molecular complexity index is 1150. The number of ether oxygens (including phenoxy) is 1. The van der Waals surface area contributed by atoms with Crippen molar-refractivity contribution in [1.29, 1.82) is 0 Å². The van der Waals surface area contributed by atoms with Gasteiger partial charge in [0.1, 0.15) is 23.0 Å². The van der Waals surface area contributed by atoms with E-state index in [9.17, 15) is 18.8 Å². The molecule has 0 spiro atoms. The van der Waals surface area contributed by atoms with Gasteiger partial charge in [-0.3, -0.25) is 14.9 Å². The first-order valence-electron chi connectivity index (χ1n) is 12.8. The smallest absolute Gasteiger partial charge is 0.319 e. The average Bonchev–Trinajstić information content (AvgIpc) is 3.63. The molecule has 4 amide bonds. The number of anilines is 1. The van der Waals surface area contributed by atoms with Gasteiger partial charge in [-0.25, -0.2) is 9.18 Å². The van der Waals surface area contributed by atoms with Gasteiger partial charge in [0.15, 0.2) is 0 Å². The van der Waals surface area contributed by atoms with Crippen molar-refractivity contribution in [2.24, 2.45) is 5.73 Å². The van der Waals surface area contributed by atoms with Gasteiger partial charge in [0.05, 0.1) is 0 Å². The van der Waals surface area contributed by atoms with E-state index in [1.54, 1.807) is 0 Å². The summed E-state index contributed by atoms with van der Waals surface area (Å²) < 4.78 is 24.0. The number of carbonyl (C=O) groups excluding carboxylic acids is 3. The van der Waals surface area contributed by atoms with E-state index in [2.05, 4.69) is 37.0 Å². The van der Waals surface area contributed by atoms with E-state index in [-0.39, 0.29) is 40.6 Å². The molecule has 206 valence electrons. The van der Waals surface area contributed by atoms with Gasteiger partial charge in [-0.2, -0.15) is 4.37 Å². The Balaban J connectivity index is 1.27. The highest BCUT2D eigenvalue weighted by Gasteiger charge is 2.25. The number of carbonyl (C=O) groups is 3. The summed E-state index contributed by atoms with van der Waals surface area (Å²) in [6.45, 7) is 8.47. The second kappa shape index (κ2) is 13.0. The standard InChI is InChI=1S/C25H34FN7O4S/c1-2-32-10-12-33(13-11-32)9-3-8-28-25(36)30-24-20(21(27)34)23(31-38-24)37-15-17-14-16(4-7-19(17)26)22(35)29-18-5-6-18/h4,7,14,18H,2-3,5-6,8-13,15H2,1H3,(H2,27,34)(H,29,35)(H2,28,30,36). The molecule has 2 fully saturated rings. The molecule has 11 nitrogen and oxygen atoms in total. The molecule has 0 bridgehead atoms. The molecular formula is C25H34FN7O4S. The van der Waals surface area contributed by atoms with Crippen LogP contribution in [0.4, 0.5) is 14.2 Å². The van der Waals surface area contributed by atoms with E-state index in [1.807, 2.05) is 0 Å². The minimum absolute atomic E-state index is 0.0954. The first-order chi connectivity index (χ1) is 18.3. The lowest BCUT2D eigenvalue weighted by molar-refractivity contribution is 0.0949. The Kier molecular flexibility index (Phi) is 9.48. The summed E-state index contributed by atoms with van der Waals surface area (Å²) in [5.41, 5.74) is 5.86. The van der Waals surface area contributed by atoms with Gasteiger partial charge in [0, 0.05) is 49.9 Å².